The molecule has 0 radical (unpaired) electrons. The first-order valence-electron chi connectivity index (χ1n) is 8.35. The van der Waals surface area contributed by atoms with E-state index < -0.39 is 15.7 Å². The van der Waals surface area contributed by atoms with E-state index in [4.69, 9.17) is 0 Å². The Kier molecular flexibility index (Phi) is 6.79. The number of guanidine groups is 1. The predicted molar refractivity (Wildman–Crippen MR) is 102 cm³/mol. The highest BCUT2D eigenvalue weighted by molar-refractivity contribution is 7.89. The second-order valence-corrected chi connectivity index (χ2v) is 8.36. The third-order valence-electron chi connectivity index (χ3n) is 3.69. The number of aliphatic imine (C=N–C) groups is 1. The van der Waals surface area contributed by atoms with Gasteiger partial charge in [0.1, 0.15) is 5.82 Å². The Balaban J connectivity index is 2.11. The van der Waals surface area contributed by atoms with Crippen LogP contribution in [-0.2, 0) is 35.7 Å². The maximum atomic E-state index is 13.6. The molecular formula is C18H25FN4O2S. The highest BCUT2D eigenvalue weighted by Gasteiger charge is 2.11. The zero-order chi connectivity index (χ0) is 19.2. The molecule has 0 aliphatic rings. The Bertz CT molecular complexity index is 875. The summed E-state index contributed by atoms with van der Waals surface area (Å²) in [6, 6.07) is 6.14. The number of sulfone groups is 1. The van der Waals surface area contributed by atoms with Gasteiger partial charge in [-0.15, -0.1) is 0 Å². The van der Waals surface area contributed by atoms with Crippen LogP contribution < -0.4 is 10.6 Å². The molecule has 0 saturated heterocycles. The maximum Gasteiger partial charge on any atom is 0.191 e. The minimum Gasteiger partial charge on any atom is -0.357 e. The second-order valence-electron chi connectivity index (χ2n) is 6.22. The van der Waals surface area contributed by atoms with Gasteiger partial charge >= 0.3 is 0 Å². The van der Waals surface area contributed by atoms with E-state index in [0.717, 1.165) is 5.56 Å². The zero-order valence-corrected chi connectivity index (χ0v) is 16.1. The number of rotatable bonds is 7. The lowest BCUT2D eigenvalue weighted by molar-refractivity contribution is 0.599. The molecule has 0 spiro atoms. The fourth-order valence-electron chi connectivity index (χ4n) is 2.53. The Hall–Kier alpha value is -2.35. The first-order chi connectivity index (χ1) is 12.3. The molecule has 0 bridgehead atoms. The Labute approximate surface area is 154 Å². The minimum atomic E-state index is -3.20. The van der Waals surface area contributed by atoms with Crippen molar-refractivity contribution in [3.63, 3.8) is 0 Å². The molecule has 0 unspecified atom stereocenters. The van der Waals surface area contributed by atoms with E-state index in [1.165, 1.54) is 24.5 Å². The molecule has 2 aromatic rings. The smallest absolute Gasteiger partial charge is 0.191 e. The molecule has 0 fully saturated rings. The van der Waals surface area contributed by atoms with Gasteiger partial charge in [0.05, 0.1) is 12.3 Å². The summed E-state index contributed by atoms with van der Waals surface area (Å²) in [5.74, 6) is 0.0679. The lowest BCUT2D eigenvalue weighted by Gasteiger charge is -2.14. The molecule has 1 heterocycles. The monoisotopic (exact) mass is 380 g/mol. The van der Waals surface area contributed by atoms with Crippen molar-refractivity contribution in [3.05, 3.63) is 59.2 Å². The van der Waals surface area contributed by atoms with Gasteiger partial charge in [-0.3, -0.25) is 0 Å². The normalized spacial score (nSPS) is 12.2. The van der Waals surface area contributed by atoms with Crippen molar-refractivity contribution in [2.45, 2.75) is 25.8 Å². The quantitative estimate of drug-likeness (QED) is 0.569. The molecule has 26 heavy (non-hydrogen) atoms. The molecule has 0 atom stereocenters. The van der Waals surface area contributed by atoms with E-state index in [1.807, 2.05) is 37.0 Å². The minimum absolute atomic E-state index is 0.123. The second kappa shape index (κ2) is 8.84. The van der Waals surface area contributed by atoms with Gasteiger partial charge in [0, 0.05) is 38.8 Å². The summed E-state index contributed by atoms with van der Waals surface area (Å²) in [4.78, 5) is 4.51. The number of aromatic nitrogens is 1. The molecule has 6 nitrogen and oxygen atoms in total. The van der Waals surface area contributed by atoms with Crippen LogP contribution in [0, 0.1) is 5.82 Å². The highest BCUT2D eigenvalue weighted by Crippen LogP contribution is 2.14. The Morgan fingerprint density at radius 3 is 2.62 bits per heavy atom. The Morgan fingerprint density at radius 2 is 2.00 bits per heavy atom. The lowest BCUT2D eigenvalue weighted by atomic mass is 10.1. The van der Waals surface area contributed by atoms with Crippen molar-refractivity contribution >= 4 is 15.8 Å². The van der Waals surface area contributed by atoms with Crippen LogP contribution in [0.1, 0.15) is 23.6 Å². The molecule has 0 aliphatic carbocycles. The van der Waals surface area contributed by atoms with Gasteiger partial charge in [0.15, 0.2) is 15.8 Å². The van der Waals surface area contributed by atoms with Crippen LogP contribution in [0.3, 0.4) is 0 Å². The standard InChI is InChI=1S/C18H25FN4O2S/c1-4-20-18(21-10-14-7-8-23(2)12-14)22-11-16-9-17(19)6-5-15(16)13-26(3,24)25/h5-9,12H,4,10-11,13H2,1-3H3,(H2,20,21,22). The van der Waals surface area contributed by atoms with Crippen LogP contribution in [0.4, 0.5) is 4.39 Å². The molecule has 2 N–H and O–H groups in total. The molecule has 1 aromatic heterocycles. The van der Waals surface area contributed by atoms with Gasteiger partial charge in [-0.1, -0.05) is 6.07 Å². The van der Waals surface area contributed by atoms with Crippen molar-refractivity contribution in [3.8, 4) is 0 Å². The van der Waals surface area contributed by atoms with Crippen LogP contribution >= 0.6 is 0 Å². The first kappa shape index (κ1) is 20.0. The molecule has 0 amide bonds. The van der Waals surface area contributed by atoms with Crippen LogP contribution in [0.2, 0.25) is 0 Å². The summed E-state index contributed by atoms with van der Waals surface area (Å²) in [5.41, 5.74) is 2.26. The van der Waals surface area contributed by atoms with Crippen molar-refractivity contribution in [2.75, 3.05) is 12.8 Å². The van der Waals surface area contributed by atoms with Crippen LogP contribution in [-0.4, -0.2) is 31.7 Å². The van der Waals surface area contributed by atoms with E-state index >= 15 is 0 Å². The average molecular weight is 380 g/mol. The van der Waals surface area contributed by atoms with Crippen molar-refractivity contribution < 1.29 is 12.8 Å². The number of hydrogen-bond donors (Lipinski definition) is 2. The summed E-state index contributed by atoms with van der Waals surface area (Å²) in [7, 11) is -1.26. The molecule has 8 heteroatoms. The number of halogens is 1. The van der Waals surface area contributed by atoms with Gasteiger partial charge in [-0.25, -0.2) is 17.8 Å². The number of benzene rings is 1. The predicted octanol–water partition coefficient (Wildman–Crippen LogP) is 1.96. The molecule has 142 valence electrons. The summed E-state index contributed by atoms with van der Waals surface area (Å²) < 4.78 is 38.7. The van der Waals surface area contributed by atoms with E-state index in [0.29, 0.717) is 30.2 Å². The van der Waals surface area contributed by atoms with Crippen molar-refractivity contribution in [1.29, 1.82) is 0 Å². The van der Waals surface area contributed by atoms with Crippen molar-refractivity contribution in [2.24, 2.45) is 12.0 Å². The number of hydrogen-bond acceptors (Lipinski definition) is 3. The van der Waals surface area contributed by atoms with E-state index in [9.17, 15) is 12.8 Å². The van der Waals surface area contributed by atoms with E-state index in [-0.39, 0.29) is 12.3 Å². The van der Waals surface area contributed by atoms with Crippen LogP contribution in [0.15, 0.2) is 41.7 Å². The summed E-state index contributed by atoms with van der Waals surface area (Å²) >= 11 is 0. The largest absolute Gasteiger partial charge is 0.357 e. The molecule has 0 saturated carbocycles. The average Bonchev–Trinajstić information content (AvgIpc) is 2.96. The topological polar surface area (TPSA) is 75.5 Å². The van der Waals surface area contributed by atoms with Gasteiger partial charge in [-0.2, -0.15) is 0 Å². The van der Waals surface area contributed by atoms with Crippen molar-refractivity contribution in [1.82, 2.24) is 15.2 Å². The number of aryl methyl sites for hydroxylation is 1. The summed E-state index contributed by atoms with van der Waals surface area (Å²) in [6.45, 7) is 3.43. The zero-order valence-electron chi connectivity index (χ0n) is 15.3. The highest BCUT2D eigenvalue weighted by atomic mass is 32.2. The maximum absolute atomic E-state index is 13.6. The Morgan fingerprint density at radius 1 is 1.23 bits per heavy atom. The van der Waals surface area contributed by atoms with Gasteiger partial charge in [0.25, 0.3) is 0 Å². The summed E-state index contributed by atoms with van der Waals surface area (Å²) in [5, 5.41) is 6.27. The molecule has 0 aliphatic heterocycles. The van der Waals surface area contributed by atoms with Gasteiger partial charge in [-0.05, 0) is 41.8 Å². The van der Waals surface area contributed by atoms with Gasteiger partial charge < -0.3 is 15.2 Å². The van der Waals surface area contributed by atoms with E-state index in [1.54, 1.807) is 0 Å². The molecule has 1 aromatic carbocycles. The van der Waals surface area contributed by atoms with Crippen LogP contribution in [0.5, 0.6) is 0 Å². The van der Waals surface area contributed by atoms with E-state index in [2.05, 4.69) is 15.6 Å². The third-order valence-corrected chi connectivity index (χ3v) is 4.52. The molecular weight excluding hydrogens is 355 g/mol. The SMILES string of the molecule is CCNC(=NCc1ccn(C)c1)NCc1cc(F)ccc1CS(C)(=O)=O. The third kappa shape index (κ3) is 6.51. The van der Waals surface area contributed by atoms with Crippen LogP contribution in [0.25, 0.3) is 0 Å². The lowest BCUT2D eigenvalue weighted by Crippen LogP contribution is -2.37. The molecule has 2 rings (SSSR count). The number of nitrogens with zero attached hydrogens (tertiary/aromatic N) is 2. The number of nitrogens with one attached hydrogen (secondary N) is 2. The summed E-state index contributed by atoms with van der Waals surface area (Å²) in [6.07, 6.45) is 5.11. The fraction of sp³-hybridized carbons (Fsp3) is 0.389. The first-order valence-corrected chi connectivity index (χ1v) is 10.4. The fourth-order valence-corrected chi connectivity index (χ4v) is 3.37. The van der Waals surface area contributed by atoms with Gasteiger partial charge in [0.2, 0.25) is 0 Å².